The number of Topliss-reactive ketones (excluding diaryl/α,β-unsaturated/α-hetero) is 1. The van der Waals surface area contributed by atoms with Crippen LogP contribution in [0.4, 0.5) is 8.78 Å². The van der Waals surface area contributed by atoms with Crippen LogP contribution in [0.15, 0.2) is 6.07 Å². The van der Waals surface area contributed by atoms with Crippen LogP contribution in [0.3, 0.4) is 0 Å². The zero-order valence-electron chi connectivity index (χ0n) is 8.39. The lowest BCUT2D eigenvalue weighted by molar-refractivity contribution is 0.0964. The number of ketones is 1. The number of rotatable bonds is 1. The molecular weight excluding hydrogens is 200 g/mol. The monoisotopic (exact) mass is 211 g/mol. The Morgan fingerprint density at radius 2 is 2.13 bits per heavy atom. The van der Waals surface area contributed by atoms with E-state index in [2.05, 4.69) is 4.98 Å². The molecular formula is C11H11F2NO. The van der Waals surface area contributed by atoms with Gasteiger partial charge in [0.05, 0.1) is 0 Å². The van der Waals surface area contributed by atoms with Crippen molar-refractivity contribution in [3.63, 3.8) is 0 Å². The van der Waals surface area contributed by atoms with Crippen LogP contribution >= 0.6 is 0 Å². The second kappa shape index (κ2) is 3.68. The zero-order chi connectivity index (χ0) is 11.0. The summed E-state index contributed by atoms with van der Waals surface area (Å²) < 4.78 is 24.9. The van der Waals surface area contributed by atoms with Crippen molar-refractivity contribution in [2.75, 3.05) is 0 Å². The van der Waals surface area contributed by atoms with E-state index in [1.54, 1.807) is 6.92 Å². The first-order valence-electron chi connectivity index (χ1n) is 4.91. The molecule has 0 amide bonds. The molecule has 0 saturated carbocycles. The number of hydrogen-bond donors (Lipinski definition) is 0. The minimum atomic E-state index is -2.61. The highest BCUT2D eigenvalue weighted by molar-refractivity contribution is 5.96. The molecule has 0 fully saturated rings. The van der Waals surface area contributed by atoms with Gasteiger partial charge in [0.15, 0.2) is 5.78 Å². The van der Waals surface area contributed by atoms with Gasteiger partial charge in [-0.05, 0) is 37.0 Å². The Kier molecular flexibility index (Phi) is 2.50. The standard InChI is InChI=1S/C11H11F2NO/c1-6-5-8(11(12)13)14-10-7(6)3-2-4-9(10)15/h5,11H,2-4H2,1H3. The summed E-state index contributed by atoms with van der Waals surface area (Å²) >= 11 is 0. The van der Waals surface area contributed by atoms with Crippen molar-refractivity contribution < 1.29 is 13.6 Å². The average molecular weight is 211 g/mol. The first-order chi connectivity index (χ1) is 7.09. The van der Waals surface area contributed by atoms with E-state index in [0.29, 0.717) is 6.42 Å². The van der Waals surface area contributed by atoms with Gasteiger partial charge in [0.2, 0.25) is 0 Å². The maximum Gasteiger partial charge on any atom is 0.280 e. The number of aryl methyl sites for hydroxylation is 1. The van der Waals surface area contributed by atoms with E-state index >= 15 is 0 Å². The van der Waals surface area contributed by atoms with E-state index in [-0.39, 0.29) is 17.2 Å². The first-order valence-corrected chi connectivity index (χ1v) is 4.91. The highest BCUT2D eigenvalue weighted by Gasteiger charge is 2.23. The lowest BCUT2D eigenvalue weighted by atomic mass is 9.91. The molecule has 0 spiro atoms. The maximum absolute atomic E-state index is 12.5. The smallest absolute Gasteiger partial charge is 0.280 e. The van der Waals surface area contributed by atoms with Crippen molar-refractivity contribution in [1.82, 2.24) is 4.98 Å². The van der Waals surface area contributed by atoms with Crippen molar-refractivity contribution in [3.05, 3.63) is 28.6 Å². The summed E-state index contributed by atoms with van der Waals surface area (Å²) in [6, 6.07) is 1.38. The fourth-order valence-electron chi connectivity index (χ4n) is 1.93. The Bertz CT molecular complexity index is 415. The van der Waals surface area contributed by atoms with Gasteiger partial charge in [0, 0.05) is 6.42 Å². The number of aromatic nitrogens is 1. The fraction of sp³-hybridized carbons (Fsp3) is 0.455. The van der Waals surface area contributed by atoms with Crippen molar-refractivity contribution in [2.45, 2.75) is 32.6 Å². The van der Waals surface area contributed by atoms with E-state index in [1.165, 1.54) is 6.07 Å². The van der Waals surface area contributed by atoms with Crippen molar-refractivity contribution in [3.8, 4) is 0 Å². The second-order valence-corrected chi connectivity index (χ2v) is 3.77. The third-order valence-corrected chi connectivity index (χ3v) is 2.69. The quantitative estimate of drug-likeness (QED) is 0.714. The molecule has 1 heterocycles. The Balaban J connectivity index is 2.56. The van der Waals surface area contributed by atoms with Crippen LogP contribution in [-0.4, -0.2) is 10.8 Å². The molecule has 0 unspecified atom stereocenters. The number of pyridine rings is 1. The van der Waals surface area contributed by atoms with Gasteiger partial charge in [-0.3, -0.25) is 4.79 Å². The van der Waals surface area contributed by atoms with Gasteiger partial charge in [0.25, 0.3) is 6.43 Å². The number of carbonyl (C=O) groups is 1. The van der Waals surface area contributed by atoms with Gasteiger partial charge < -0.3 is 0 Å². The number of alkyl halides is 2. The number of halogens is 2. The molecule has 2 rings (SSSR count). The minimum Gasteiger partial charge on any atom is -0.292 e. The van der Waals surface area contributed by atoms with Crippen LogP contribution in [-0.2, 0) is 6.42 Å². The molecule has 0 saturated heterocycles. The van der Waals surface area contributed by atoms with Crippen molar-refractivity contribution >= 4 is 5.78 Å². The number of carbonyl (C=O) groups excluding carboxylic acids is 1. The normalized spacial score (nSPS) is 15.6. The summed E-state index contributed by atoms with van der Waals surface area (Å²) in [6.45, 7) is 1.75. The lowest BCUT2D eigenvalue weighted by Gasteiger charge is -2.17. The van der Waals surface area contributed by atoms with E-state index in [0.717, 1.165) is 24.0 Å². The summed E-state index contributed by atoms with van der Waals surface area (Å²) in [6.07, 6.45) is -0.624. The molecule has 0 atom stereocenters. The highest BCUT2D eigenvalue weighted by atomic mass is 19.3. The first kappa shape index (κ1) is 10.2. The summed E-state index contributed by atoms with van der Waals surface area (Å²) in [5.74, 6) is -0.109. The van der Waals surface area contributed by atoms with E-state index < -0.39 is 6.43 Å². The number of nitrogens with zero attached hydrogens (tertiary/aromatic N) is 1. The predicted octanol–water partition coefficient (Wildman–Crippen LogP) is 2.85. The van der Waals surface area contributed by atoms with E-state index in [1.807, 2.05) is 0 Å². The molecule has 80 valence electrons. The molecule has 0 radical (unpaired) electrons. The summed E-state index contributed by atoms with van der Waals surface area (Å²) in [5.41, 5.74) is 1.57. The van der Waals surface area contributed by atoms with Gasteiger partial charge in [-0.15, -0.1) is 0 Å². The predicted molar refractivity (Wildman–Crippen MR) is 51.2 cm³/mol. The molecule has 1 aliphatic carbocycles. The van der Waals surface area contributed by atoms with Crippen LogP contribution in [0.5, 0.6) is 0 Å². The summed E-state index contributed by atoms with van der Waals surface area (Å²) in [5, 5.41) is 0. The van der Waals surface area contributed by atoms with Crippen molar-refractivity contribution in [1.29, 1.82) is 0 Å². The summed E-state index contributed by atoms with van der Waals surface area (Å²) in [7, 11) is 0. The van der Waals surface area contributed by atoms with Crippen LogP contribution in [0.2, 0.25) is 0 Å². The Morgan fingerprint density at radius 1 is 1.40 bits per heavy atom. The third-order valence-electron chi connectivity index (χ3n) is 2.69. The van der Waals surface area contributed by atoms with Crippen LogP contribution in [0, 0.1) is 6.92 Å². The van der Waals surface area contributed by atoms with Gasteiger partial charge in [-0.2, -0.15) is 0 Å². The van der Waals surface area contributed by atoms with Gasteiger partial charge in [-0.25, -0.2) is 13.8 Å². The SMILES string of the molecule is Cc1cc(C(F)F)nc2c1CCCC2=O. The van der Waals surface area contributed by atoms with Crippen LogP contribution in [0.25, 0.3) is 0 Å². The molecule has 0 bridgehead atoms. The molecule has 4 heteroatoms. The average Bonchev–Trinajstić information content (AvgIpc) is 2.19. The molecule has 0 aliphatic heterocycles. The fourth-order valence-corrected chi connectivity index (χ4v) is 1.93. The highest BCUT2D eigenvalue weighted by Crippen LogP contribution is 2.26. The van der Waals surface area contributed by atoms with E-state index in [9.17, 15) is 13.6 Å². The van der Waals surface area contributed by atoms with Gasteiger partial charge in [0.1, 0.15) is 11.4 Å². The second-order valence-electron chi connectivity index (χ2n) is 3.77. The molecule has 0 N–H and O–H groups in total. The van der Waals surface area contributed by atoms with Gasteiger partial charge >= 0.3 is 0 Å². The lowest BCUT2D eigenvalue weighted by Crippen LogP contribution is -2.16. The Morgan fingerprint density at radius 3 is 2.80 bits per heavy atom. The van der Waals surface area contributed by atoms with Gasteiger partial charge in [-0.1, -0.05) is 0 Å². The van der Waals surface area contributed by atoms with E-state index in [4.69, 9.17) is 0 Å². The largest absolute Gasteiger partial charge is 0.292 e. The third kappa shape index (κ3) is 1.76. The topological polar surface area (TPSA) is 30.0 Å². The molecule has 1 aromatic rings. The molecule has 1 aromatic heterocycles. The van der Waals surface area contributed by atoms with Crippen LogP contribution in [0.1, 0.15) is 46.6 Å². The Labute approximate surface area is 86.3 Å². The molecule has 0 aromatic carbocycles. The molecule has 2 nitrogen and oxygen atoms in total. The number of hydrogen-bond acceptors (Lipinski definition) is 2. The van der Waals surface area contributed by atoms with Crippen molar-refractivity contribution in [2.24, 2.45) is 0 Å². The molecule has 1 aliphatic rings. The van der Waals surface area contributed by atoms with Crippen LogP contribution < -0.4 is 0 Å². The summed E-state index contributed by atoms with van der Waals surface area (Å²) in [4.78, 5) is 15.3. The minimum absolute atomic E-state index is 0.109. The Hall–Kier alpha value is -1.32. The molecule has 15 heavy (non-hydrogen) atoms. The zero-order valence-corrected chi connectivity index (χ0v) is 8.39. The maximum atomic E-state index is 12.5. The number of fused-ring (bicyclic) bond motifs is 1.